The predicted octanol–water partition coefficient (Wildman–Crippen LogP) is 0.764. The summed E-state index contributed by atoms with van der Waals surface area (Å²) in [6.07, 6.45) is 1.45. The Hall–Kier alpha value is -2.40. The molecule has 2 aromatic rings. The van der Waals surface area contributed by atoms with E-state index in [2.05, 4.69) is 10.3 Å². The highest BCUT2D eigenvalue weighted by Crippen LogP contribution is 2.07. The van der Waals surface area contributed by atoms with E-state index in [-0.39, 0.29) is 11.5 Å². The van der Waals surface area contributed by atoms with E-state index >= 15 is 0 Å². The summed E-state index contributed by atoms with van der Waals surface area (Å²) in [6, 6.07) is 10.5. The minimum atomic E-state index is -0.296. The Morgan fingerprint density at radius 3 is 2.63 bits per heavy atom. The quantitative estimate of drug-likeness (QED) is 0.755. The minimum Gasteiger partial charge on any atom is -0.348 e. The van der Waals surface area contributed by atoms with Gasteiger partial charge in [0.05, 0.1) is 0 Å². The lowest BCUT2D eigenvalue weighted by Crippen LogP contribution is -2.25. The number of carbonyl (C=O) groups excluding carboxylic acids is 1. The summed E-state index contributed by atoms with van der Waals surface area (Å²) in [7, 11) is 0. The van der Waals surface area contributed by atoms with Crippen LogP contribution in [0.4, 0.5) is 0 Å². The van der Waals surface area contributed by atoms with Gasteiger partial charge in [-0.05, 0) is 17.2 Å². The maximum Gasteiger partial charge on any atom is 0.251 e. The van der Waals surface area contributed by atoms with Gasteiger partial charge in [0, 0.05) is 30.9 Å². The molecule has 0 radical (unpaired) electrons. The molecular weight excluding hydrogens is 242 g/mol. The van der Waals surface area contributed by atoms with Gasteiger partial charge in [-0.25, -0.2) is 0 Å². The number of rotatable bonds is 4. The molecule has 4 N–H and O–H groups in total. The van der Waals surface area contributed by atoms with Crippen LogP contribution in [0.2, 0.25) is 0 Å². The van der Waals surface area contributed by atoms with Crippen LogP contribution in [0.1, 0.15) is 21.5 Å². The second-order valence-electron chi connectivity index (χ2n) is 4.10. The van der Waals surface area contributed by atoms with E-state index in [1.807, 2.05) is 24.3 Å². The number of hydrogen-bond acceptors (Lipinski definition) is 3. The van der Waals surface area contributed by atoms with Crippen LogP contribution in [-0.4, -0.2) is 10.9 Å². The zero-order valence-corrected chi connectivity index (χ0v) is 10.3. The van der Waals surface area contributed by atoms with E-state index in [0.717, 1.165) is 11.1 Å². The second kappa shape index (κ2) is 5.97. The molecule has 0 spiro atoms. The maximum atomic E-state index is 11.9. The molecule has 2 rings (SSSR count). The molecule has 0 aliphatic rings. The lowest BCUT2D eigenvalue weighted by atomic mass is 10.1. The van der Waals surface area contributed by atoms with E-state index in [9.17, 15) is 9.59 Å². The Morgan fingerprint density at radius 2 is 1.95 bits per heavy atom. The summed E-state index contributed by atoms with van der Waals surface area (Å²) in [5, 5.41) is 2.77. The number of pyridine rings is 1. The van der Waals surface area contributed by atoms with Gasteiger partial charge in [0.15, 0.2) is 0 Å². The van der Waals surface area contributed by atoms with Gasteiger partial charge in [-0.2, -0.15) is 0 Å². The number of aromatic nitrogens is 1. The Bertz CT molecular complexity index is 634. The molecule has 5 heteroatoms. The fourth-order valence-electron chi connectivity index (χ4n) is 1.79. The summed E-state index contributed by atoms with van der Waals surface area (Å²) in [5.74, 6) is -0.280. The van der Waals surface area contributed by atoms with Gasteiger partial charge < -0.3 is 16.0 Å². The Labute approximate surface area is 110 Å². The number of hydrogen-bond donors (Lipinski definition) is 3. The van der Waals surface area contributed by atoms with Gasteiger partial charge in [-0.1, -0.05) is 24.3 Å². The fourth-order valence-corrected chi connectivity index (χ4v) is 1.79. The first kappa shape index (κ1) is 13.0. The Balaban J connectivity index is 2.06. The largest absolute Gasteiger partial charge is 0.348 e. The topological polar surface area (TPSA) is 88.0 Å². The number of H-pyrrole nitrogens is 1. The molecule has 0 atom stereocenters. The van der Waals surface area contributed by atoms with Gasteiger partial charge in [0.25, 0.3) is 5.91 Å². The first-order chi connectivity index (χ1) is 9.20. The molecule has 0 bridgehead atoms. The van der Waals surface area contributed by atoms with Gasteiger partial charge in [0.2, 0.25) is 5.56 Å². The first-order valence-corrected chi connectivity index (χ1v) is 5.94. The van der Waals surface area contributed by atoms with Crippen molar-refractivity contribution in [1.29, 1.82) is 0 Å². The van der Waals surface area contributed by atoms with Crippen LogP contribution >= 0.6 is 0 Å². The number of amides is 1. The van der Waals surface area contributed by atoms with E-state index in [1.54, 1.807) is 6.07 Å². The van der Waals surface area contributed by atoms with Gasteiger partial charge in [-0.15, -0.1) is 0 Å². The molecule has 5 nitrogen and oxygen atoms in total. The summed E-state index contributed by atoms with van der Waals surface area (Å²) in [5.41, 5.74) is 7.64. The molecule has 1 aromatic carbocycles. The number of carbonyl (C=O) groups is 1. The Morgan fingerprint density at radius 1 is 1.21 bits per heavy atom. The van der Waals surface area contributed by atoms with E-state index in [1.165, 1.54) is 12.3 Å². The van der Waals surface area contributed by atoms with Crippen molar-refractivity contribution in [1.82, 2.24) is 10.3 Å². The predicted molar refractivity (Wildman–Crippen MR) is 72.6 cm³/mol. The molecule has 1 aromatic heterocycles. The second-order valence-corrected chi connectivity index (χ2v) is 4.10. The van der Waals surface area contributed by atoms with Crippen molar-refractivity contribution in [3.05, 3.63) is 69.6 Å². The highest BCUT2D eigenvalue weighted by molar-refractivity contribution is 5.93. The van der Waals surface area contributed by atoms with Crippen LogP contribution in [0.5, 0.6) is 0 Å². The normalized spacial score (nSPS) is 10.2. The molecule has 0 aliphatic carbocycles. The number of aromatic amines is 1. The Kier molecular flexibility index (Phi) is 4.10. The number of benzene rings is 1. The molecule has 0 aliphatic heterocycles. The van der Waals surface area contributed by atoms with E-state index in [0.29, 0.717) is 18.7 Å². The van der Waals surface area contributed by atoms with Crippen LogP contribution in [0.25, 0.3) is 0 Å². The zero-order valence-electron chi connectivity index (χ0n) is 10.3. The summed E-state index contributed by atoms with van der Waals surface area (Å²) >= 11 is 0. The van der Waals surface area contributed by atoms with Crippen molar-refractivity contribution in [3.63, 3.8) is 0 Å². The molecule has 98 valence electrons. The molecule has 19 heavy (non-hydrogen) atoms. The molecule has 0 fully saturated rings. The van der Waals surface area contributed by atoms with Crippen LogP contribution in [0.3, 0.4) is 0 Å². The van der Waals surface area contributed by atoms with Crippen LogP contribution in [-0.2, 0) is 13.1 Å². The molecule has 1 heterocycles. The average molecular weight is 257 g/mol. The fraction of sp³-hybridized carbons (Fsp3) is 0.143. The molecule has 0 unspecified atom stereocenters. The molecule has 0 saturated carbocycles. The van der Waals surface area contributed by atoms with Gasteiger partial charge in [0.1, 0.15) is 0 Å². The monoisotopic (exact) mass is 257 g/mol. The highest BCUT2D eigenvalue weighted by atomic mass is 16.2. The highest BCUT2D eigenvalue weighted by Gasteiger charge is 2.06. The summed E-state index contributed by atoms with van der Waals surface area (Å²) < 4.78 is 0. The van der Waals surface area contributed by atoms with Crippen LogP contribution in [0, 0.1) is 0 Å². The summed E-state index contributed by atoms with van der Waals surface area (Å²) in [6.45, 7) is 0.816. The smallest absolute Gasteiger partial charge is 0.251 e. The van der Waals surface area contributed by atoms with Crippen molar-refractivity contribution in [2.45, 2.75) is 13.1 Å². The van der Waals surface area contributed by atoms with Crippen molar-refractivity contribution in [2.24, 2.45) is 5.73 Å². The van der Waals surface area contributed by atoms with Crippen LogP contribution < -0.4 is 16.6 Å². The number of nitrogens with two attached hydrogens (primary N) is 1. The van der Waals surface area contributed by atoms with E-state index in [4.69, 9.17) is 5.73 Å². The lowest BCUT2D eigenvalue weighted by Gasteiger charge is -2.09. The third-order valence-electron chi connectivity index (χ3n) is 2.81. The zero-order chi connectivity index (χ0) is 13.7. The van der Waals surface area contributed by atoms with Crippen molar-refractivity contribution in [2.75, 3.05) is 0 Å². The standard InChI is InChI=1S/C14H15N3O2/c15-8-11-3-1-2-4-12(11)9-17-14(19)10-5-6-16-13(18)7-10/h1-7H,8-9,15H2,(H,16,18)(H,17,19). The average Bonchev–Trinajstić information content (AvgIpc) is 2.45. The number of nitrogens with one attached hydrogen (secondary N) is 2. The maximum absolute atomic E-state index is 11.9. The SMILES string of the molecule is NCc1ccccc1CNC(=O)c1cc[nH]c(=O)c1. The molecule has 1 amide bonds. The lowest BCUT2D eigenvalue weighted by molar-refractivity contribution is 0.0950. The first-order valence-electron chi connectivity index (χ1n) is 5.94. The van der Waals surface area contributed by atoms with Crippen molar-refractivity contribution >= 4 is 5.91 Å². The molecular formula is C14H15N3O2. The van der Waals surface area contributed by atoms with Crippen molar-refractivity contribution in [3.8, 4) is 0 Å². The van der Waals surface area contributed by atoms with Crippen molar-refractivity contribution < 1.29 is 4.79 Å². The molecule has 0 saturated heterocycles. The third-order valence-corrected chi connectivity index (χ3v) is 2.81. The van der Waals surface area contributed by atoms with E-state index < -0.39 is 0 Å². The third kappa shape index (κ3) is 3.29. The minimum absolute atomic E-state index is 0.280. The van der Waals surface area contributed by atoms with Gasteiger partial charge in [-0.3, -0.25) is 9.59 Å². The summed E-state index contributed by atoms with van der Waals surface area (Å²) in [4.78, 5) is 25.5. The van der Waals surface area contributed by atoms with Crippen LogP contribution in [0.15, 0.2) is 47.4 Å². The van der Waals surface area contributed by atoms with Gasteiger partial charge >= 0.3 is 0 Å².